The quantitative estimate of drug-likeness (QED) is 0.813. The van der Waals surface area contributed by atoms with Crippen LogP contribution in [-0.2, 0) is 5.41 Å². The Morgan fingerprint density at radius 1 is 1.12 bits per heavy atom. The predicted molar refractivity (Wildman–Crippen MR) is 67.2 cm³/mol. The summed E-state index contributed by atoms with van der Waals surface area (Å²) in [7, 11) is 0. The normalized spacial score (nSPS) is 18.3. The second-order valence-electron chi connectivity index (χ2n) is 5.95. The molecule has 1 aliphatic rings. The van der Waals surface area contributed by atoms with Crippen LogP contribution in [0.2, 0.25) is 0 Å². The highest BCUT2D eigenvalue weighted by Gasteiger charge is 2.23. The average molecular weight is 235 g/mol. The van der Waals surface area contributed by atoms with E-state index < -0.39 is 0 Å². The van der Waals surface area contributed by atoms with E-state index in [1.807, 2.05) is 20.8 Å². The van der Waals surface area contributed by atoms with Gasteiger partial charge in [-0.3, -0.25) is 4.98 Å². The fraction of sp³-hybridized carbons (Fsp3) is 0.769. The minimum Gasteiger partial charge on any atom is -0.294 e. The number of hydrogen-bond donors (Lipinski definition) is 1. The highest BCUT2D eigenvalue weighted by molar-refractivity contribution is 5.05. The van der Waals surface area contributed by atoms with Gasteiger partial charge in [-0.05, 0) is 12.8 Å². The van der Waals surface area contributed by atoms with E-state index >= 15 is 0 Å². The third kappa shape index (κ3) is 2.93. The summed E-state index contributed by atoms with van der Waals surface area (Å²) in [6.45, 7) is 6.10. The Hall–Kier alpha value is -1.19. The van der Waals surface area contributed by atoms with E-state index in [2.05, 4.69) is 15.0 Å². The Labute approximate surface area is 102 Å². The summed E-state index contributed by atoms with van der Waals surface area (Å²) in [5.74, 6) is 1.91. The van der Waals surface area contributed by atoms with Crippen LogP contribution in [0.1, 0.15) is 70.4 Å². The van der Waals surface area contributed by atoms with Crippen molar-refractivity contribution in [3.63, 3.8) is 0 Å². The Morgan fingerprint density at radius 3 is 2.35 bits per heavy atom. The molecule has 0 atom stereocenters. The van der Waals surface area contributed by atoms with Crippen molar-refractivity contribution in [2.45, 2.75) is 64.2 Å². The maximum absolute atomic E-state index is 11.6. The lowest BCUT2D eigenvalue weighted by Crippen LogP contribution is -2.27. The lowest BCUT2D eigenvalue weighted by molar-refractivity contribution is 0.419. The maximum Gasteiger partial charge on any atom is 0.348 e. The van der Waals surface area contributed by atoms with Crippen LogP contribution in [0, 0.1) is 0 Å². The van der Waals surface area contributed by atoms with Gasteiger partial charge in [-0.2, -0.15) is 4.98 Å². The van der Waals surface area contributed by atoms with Gasteiger partial charge >= 0.3 is 5.69 Å². The number of H-pyrrole nitrogens is 1. The van der Waals surface area contributed by atoms with Gasteiger partial charge in [0.05, 0.1) is 0 Å². The average Bonchev–Trinajstić information content (AvgIpc) is 2.28. The lowest BCUT2D eigenvalue weighted by atomic mass is 9.88. The molecule has 0 spiro atoms. The van der Waals surface area contributed by atoms with E-state index in [1.54, 1.807) is 0 Å². The zero-order valence-corrected chi connectivity index (χ0v) is 10.9. The van der Waals surface area contributed by atoms with Crippen molar-refractivity contribution in [2.24, 2.45) is 0 Å². The minimum atomic E-state index is -0.259. The van der Waals surface area contributed by atoms with Crippen LogP contribution in [0.25, 0.3) is 0 Å². The molecule has 1 aromatic rings. The summed E-state index contributed by atoms with van der Waals surface area (Å²) in [4.78, 5) is 22.9. The number of rotatable bonds is 1. The van der Waals surface area contributed by atoms with Gasteiger partial charge in [0.25, 0.3) is 0 Å². The van der Waals surface area contributed by atoms with Gasteiger partial charge in [0, 0.05) is 11.3 Å². The molecule has 94 valence electrons. The van der Waals surface area contributed by atoms with Crippen molar-refractivity contribution in [3.05, 3.63) is 22.1 Å². The summed E-state index contributed by atoms with van der Waals surface area (Å²) < 4.78 is 0. The second-order valence-corrected chi connectivity index (χ2v) is 5.95. The molecule has 17 heavy (non-hydrogen) atoms. The standard InChI is InChI=1S/C13H21N3O/c1-13(2,3)11-14-10(15-12(17)16-11)9-7-5-4-6-8-9/h9H,4-8H2,1-3H3,(H,14,15,16,17). The molecule has 0 unspecified atom stereocenters. The molecule has 1 fully saturated rings. The first-order valence-electron chi connectivity index (χ1n) is 6.45. The van der Waals surface area contributed by atoms with Gasteiger partial charge in [-0.15, -0.1) is 0 Å². The van der Waals surface area contributed by atoms with Crippen molar-refractivity contribution < 1.29 is 0 Å². The zero-order valence-electron chi connectivity index (χ0n) is 10.9. The highest BCUT2D eigenvalue weighted by atomic mass is 16.1. The first-order chi connectivity index (χ1) is 7.97. The molecule has 1 heterocycles. The van der Waals surface area contributed by atoms with Crippen LogP contribution in [0.5, 0.6) is 0 Å². The number of aromatic nitrogens is 3. The molecule has 4 nitrogen and oxygen atoms in total. The van der Waals surface area contributed by atoms with Crippen LogP contribution in [0.4, 0.5) is 0 Å². The molecule has 1 saturated carbocycles. The summed E-state index contributed by atoms with van der Waals surface area (Å²) in [5, 5.41) is 0. The molecule has 0 saturated heterocycles. The molecule has 0 aliphatic heterocycles. The predicted octanol–water partition coefficient (Wildman–Crippen LogP) is 2.51. The summed E-state index contributed by atoms with van der Waals surface area (Å²) in [5.41, 5.74) is -0.428. The Bertz CT molecular complexity index is 439. The third-order valence-electron chi connectivity index (χ3n) is 3.33. The maximum atomic E-state index is 11.6. The fourth-order valence-electron chi connectivity index (χ4n) is 2.31. The Kier molecular flexibility index (Phi) is 3.31. The van der Waals surface area contributed by atoms with E-state index in [9.17, 15) is 4.79 Å². The third-order valence-corrected chi connectivity index (χ3v) is 3.33. The van der Waals surface area contributed by atoms with Crippen LogP contribution in [0.3, 0.4) is 0 Å². The molecule has 0 amide bonds. The SMILES string of the molecule is CC(C)(C)c1nc(C2CCCCC2)[nH]c(=O)n1. The summed E-state index contributed by atoms with van der Waals surface area (Å²) in [6.07, 6.45) is 6.05. The number of nitrogens with one attached hydrogen (secondary N) is 1. The smallest absolute Gasteiger partial charge is 0.294 e. The van der Waals surface area contributed by atoms with Gasteiger partial charge in [-0.1, -0.05) is 40.0 Å². The second kappa shape index (κ2) is 4.59. The van der Waals surface area contributed by atoms with E-state index in [0.717, 1.165) is 18.7 Å². The molecule has 2 rings (SSSR count). The van der Waals surface area contributed by atoms with Gasteiger partial charge in [0.15, 0.2) is 0 Å². The topological polar surface area (TPSA) is 58.6 Å². The van der Waals surface area contributed by atoms with E-state index in [1.165, 1.54) is 19.3 Å². The number of hydrogen-bond acceptors (Lipinski definition) is 3. The molecule has 0 aromatic carbocycles. The molecule has 4 heteroatoms. The largest absolute Gasteiger partial charge is 0.348 e. The Morgan fingerprint density at radius 2 is 1.76 bits per heavy atom. The monoisotopic (exact) mass is 235 g/mol. The summed E-state index contributed by atoms with van der Waals surface area (Å²) >= 11 is 0. The van der Waals surface area contributed by atoms with E-state index in [4.69, 9.17) is 0 Å². The van der Waals surface area contributed by atoms with Gasteiger partial charge in [-0.25, -0.2) is 9.78 Å². The van der Waals surface area contributed by atoms with Crippen molar-refractivity contribution >= 4 is 0 Å². The zero-order chi connectivity index (χ0) is 12.5. The van der Waals surface area contributed by atoms with E-state index in [-0.39, 0.29) is 11.1 Å². The molecule has 0 radical (unpaired) electrons. The van der Waals surface area contributed by atoms with E-state index in [0.29, 0.717) is 11.7 Å². The van der Waals surface area contributed by atoms with Crippen molar-refractivity contribution in [2.75, 3.05) is 0 Å². The van der Waals surface area contributed by atoms with Gasteiger partial charge in [0.2, 0.25) is 0 Å². The lowest BCUT2D eigenvalue weighted by Gasteiger charge is -2.22. The first kappa shape index (κ1) is 12.3. The van der Waals surface area contributed by atoms with Gasteiger partial charge < -0.3 is 0 Å². The highest BCUT2D eigenvalue weighted by Crippen LogP contribution is 2.30. The number of nitrogens with zero attached hydrogens (tertiary/aromatic N) is 2. The minimum absolute atomic E-state index is 0.169. The van der Waals surface area contributed by atoms with Crippen LogP contribution >= 0.6 is 0 Å². The van der Waals surface area contributed by atoms with Crippen LogP contribution in [0.15, 0.2) is 4.79 Å². The van der Waals surface area contributed by atoms with Crippen LogP contribution in [-0.4, -0.2) is 15.0 Å². The number of aromatic amines is 1. The van der Waals surface area contributed by atoms with Crippen molar-refractivity contribution in [3.8, 4) is 0 Å². The summed E-state index contributed by atoms with van der Waals surface area (Å²) in [6, 6.07) is 0. The fourth-order valence-corrected chi connectivity index (χ4v) is 2.31. The molecule has 1 N–H and O–H groups in total. The molecule has 0 bridgehead atoms. The van der Waals surface area contributed by atoms with Crippen molar-refractivity contribution in [1.82, 2.24) is 15.0 Å². The first-order valence-corrected chi connectivity index (χ1v) is 6.45. The van der Waals surface area contributed by atoms with Crippen LogP contribution < -0.4 is 5.69 Å². The molecule has 1 aromatic heterocycles. The van der Waals surface area contributed by atoms with Gasteiger partial charge in [0.1, 0.15) is 11.6 Å². The molecular weight excluding hydrogens is 214 g/mol. The molecular formula is C13H21N3O. The Balaban J connectivity index is 2.34. The van der Waals surface area contributed by atoms with Crippen molar-refractivity contribution in [1.29, 1.82) is 0 Å². The molecule has 1 aliphatic carbocycles.